The Morgan fingerprint density at radius 3 is 2.41 bits per heavy atom. The number of hydrogen-bond acceptors (Lipinski definition) is 1. The molecule has 1 heterocycles. The molecule has 3 fully saturated rings. The van der Waals surface area contributed by atoms with Crippen LogP contribution < -0.4 is 5.32 Å². The van der Waals surface area contributed by atoms with Crippen molar-refractivity contribution in [2.24, 2.45) is 23.2 Å². The van der Waals surface area contributed by atoms with E-state index in [0.717, 1.165) is 29.2 Å². The smallest absolute Gasteiger partial charge is 0.00955 e. The summed E-state index contributed by atoms with van der Waals surface area (Å²) in [6.45, 7) is 10.7. The quantitative estimate of drug-likeness (QED) is 0.379. The lowest BCUT2D eigenvalue weighted by Gasteiger charge is -2.39. The van der Waals surface area contributed by atoms with Gasteiger partial charge in [0.1, 0.15) is 0 Å². The molecule has 2 aliphatic carbocycles. The van der Waals surface area contributed by atoms with Crippen LogP contribution in [0.2, 0.25) is 0 Å². The van der Waals surface area contributed by atoms with Crippen molar-refractivity contribution in [2.45, 2.75) is 136 Å². The normalized spacial score (nSPS) is 30.0. The van der Waals surface area contributed by atoms with Crippen LogP contribution in [0.15, 0.2) is 0 Å². The monoisotopic (exact) mass is 377 g/mol. The summed E-state index contributed by atoms with van der Waals surface area (Å²) in [6.07, 6.45) is 23.4. The van der Waals surface area contributed by atoms with Crippen LogP contribution in [0.5, 0.6) is 0 Å². The van der Waals surface area contributed by atoms with E-state index in [-0.39, 0.29) is 0 Å². The van der Waals surface area contributed by atoms with Gasteiger partial charge < -0.3 is 5.32 Å². The Morgan fingerprint density at radius 2 is 1.78 bits per heavy atom. The summed E-state index contributed by atoms with van der Waals surface area (Å²) in [7, 11) is 0. The van der Waals surface area contributed by atoms with Crippen molar-refractivity contribution < 1.29 is 0 Å². The van der Waals surface area contributed by atoms with E-state index >= 15 is 0 Å². The summed E-state index contributed by atoms with van der Waals surface area (Å²) in [5, 5.41) is 3.67. The van der Waals surface area contributed by atoms with E-state index in [1.807, 2.05) is 0 Å². The number of fused-ring (bicyclic) bond motifs is 1. The zero-order valence-corrected chi connectivity index (χ0v) is 19.3. The third-order valence-electron chi connectivity index (χ3n) is 8.30. The number of rotatable bonds is 10. The van der Waals surface area contributed by atoms with Crippen LogP contribution in [0.1, 0.15) is 130 Å². The molecule has 0 spiro atoms. The number of piperidine rings is 1. The van der Waals surface area contributed by atoms with E-state index in [1.165, 1.54) is 109 Å². The maximum atomic E-state index is 3.67. The van der Waals surface area contributed by atoms with E-state index in [9.17, 15) is 0 Å². The Labute approximate surface area is 171 Å². The van der Waals surface area contributed by atoms with Crippen molar-refractivity contribution >= 4 is 0 Å². The lowest BCUT2D eigenvalue weighted by atomic mass is 9.73. The summed E-state index contributed by atoms with van der Waals surface area (Å²) in [6, 6.07) is 0.890. The highest BCUT2D eigenvalue weighted by Gasteiger charge is 2.41. The Morgan fingerprint density at radius 1 is 0.963 bits per heavy atom. The Kier molecular flexibility index (Phi) is 10.8. The van der Waals surface area contributed by atoms with Crippen LogP contribution in [0.4, 0.5) is 0 Å². The van der Waals surface area contributed by atoms with E-state index in [0.29, 0.717) is 0 Å². The van der Waals surface area contributed by atoms with Gasteiger partial charge in [0, 0.05) is 6.04 Å². The first-order valence-corrected chi connectivity index (χ1v) is 12.9. The maximum Gasteiger partial charge on any atom is 0.00955 e. The second kappa shape index (κ2) is 12.5. The highest BCUT2D eigenvalue weighted by Crippen LogP contribution is 2.54. The van der Waals surface area contributed by atoms with Crippen LogP contribution in [-0.4, -0.2) is 12.6 Å². The predicted octanol–water partition coefficient (Wildman–Crippen LogP) is 8.13. The van der Waals surface area contributed by atoms with Crippen molar-refractivity contribution in [3.63, 3.8) is 0 Å². The van der Waals surface area contributed by atoms with E-state index in [4.69, 9.17) is 0 Å². The second-order valence-corrected chi connectivity index (χ2v) is 10.2. The molecule has 2 saturated carbocycles. The van der Waals surface area contributed by atoms with E-state index in [2.05, 4.69) is 33.0 Å². The molecule has 0 aromatic carbocycles. The standard InChI is InChI=1S/C15H30.C11H21N/c1-4-7-8-9-10-14(5-2)13-15(6-3)11-12-15;1-2-9-5-6-11-10(8-9)4-3-7-12-11/h14H,4-13H2,1-3H3;9-12H,2-8H2,1H3. The molecule has 1 heteroatoms. The van der Waals surface area contributed by atoms with Crippen LogP contribution in [0, 0.1) is 23.2 Å². The topological polar surface area (TPSA) is 12.0 Å². The first-order chi connectivity index (χ1) is 13.2. The van der Waals surface area contributed by atoms with Gasteiger partial charge in [-0.2, -0.15) is 0 Å². The summed E-state index contributed by atoms with van der Waals surface area (Å²) < 4.78 is 0. The van der Waals surface area contributed by atoms with Gasteiger partial charge in [-0.05, 0) is 81.1 Å². The molecular weight excluding hydrogens is 326 g/mol. The van der Waals surface area contributed by atoms with Gasteiger partial charge in [0.25, 0.3) is 0 Å². The molecule has 4 atom stereocenters. The molecule has 0 radical (unpaired) electrons. The van der Waals surface area contributed by atoms with Crippen LogP contribution in [0.25, 0.3) is 0 Å². The summed E-state index contributed by atoms with van der Waals surface area (Å²) in [5.41, 5.74) is 0.811. The van der Waals surface area contributed by atoms with Gasteiger partial charge >= 0.3 is 0 Å². The Bertz CT molecular complexity index is 372. The fourth-order valence-electron chi connectivity index (χ4n) is 5.77. The summed E-state index contributed by atoms with van der Waals surface area (Å²) in [4.78, 5) is 0. The lowest BCUT2D eigenvalue weighted by Crippen LogP contribution is -2.44. The largest absolute Gasteiger partial charge is 0.314 e. The van der Waals surface area contributed by atoms with Gasteiger partial charge in [-0.1, -0.05) is 79.1 Å². The van der Waals surface area contributed by atoms with Gasteiger partial charge in [0.05, 0.1) is 0 Å². The van der Waals surface area contributed by atoms with Gasteiger partial charge in [-0.3, -0.25) is 0 Å². The number of hydrogen-bond donors (Lipinski definition) is 1. The van der Waals surface area contributed by atoms with Crippen molar-refractivity contribution in [1.29, 1.82) is 0 Å². The minimum absolute atomic E-state index is 0.811. The number of nitrogens with one attached hydrogen (secondary N) is 1. The lowest BCUT2D eigenvalue weighted by molar-refractivity contribution is 0.163. The van der Waals surface area contributed by atoms with Crippen molar-refractivity contribution in [1.82, 2.24) is 5.32 Å². The molecule has 27 heavy (non-hydrogen) atoms. The van der Waals surface area contributed by atoms with Gasteiger partial charge in [-0.15, -0.1) is 0 Å². The Hall–Kier alpha value is -0.0400. The summed E-state index contributed by atoms with van der Waals surface area (Å²) in [5.74, 6) is 3.10. The van der Waals surface area contributed by atoms with Gasteiger partial charge in [0.2, 0.25) is 0 Å². The molecule has 1 aliphatic heterocycles. The third-order valence-corrected chi connectivity index (χ3v) is 8.30. The molecule has 0 aromatic rings. The molecule has 1 saturated heterocycles. The fraction of sp³-hybridized carbons (Fsp3) is 1.00. The molecular formula is C26H51N. The fourth-order valence-corrected chi connectivity index (χ4v) is 5.77. The van der Waals surface area contributed by atoms with Crippen molar-refractivity contribution in [3.8, 4) is 0 Å². The molecule has 1 N–H and O–H groups in total. The highest BCUT2D eigenvalue weighted by atomic mass is 14.9. The molecule has 4 unspecified atom stereocenters. The molecule has 0 aromatic heterocycles. The second-order valence-electron chi connectivity index (χ2n) is 10.2. The minimum Gasteiger partial charge on any atom is -0.314 e. The minimum atomic E-state index is 0.811. The average Bonchev–Trinajstić information content (AvgIpc) is 3.50. The molecule has 1 nitrogen and oxygen atoms in total. The van der Waals surface area contributed by atoms with Gasteiger partial charge in [0.15, 0.2) is 0 Å². The maximum absolute atomic E-state index is 3.67. The van der Waals surface area contributed by atoms with E-state index < -0.39 is 0 Å². The van der Waals surface area contributed by atoms with E-state index in [1.54, 1.807) is 0 Å². The zero-order chi connectivity index (χ0) is 19.5. The molecule has 3 aliphatic rings. The van der Waals surface area contributed by atoms with Crippen LogP contribution >= 0.6 is 0 Å². The Balaban J connectivity index is 0.000000198. The van der Waals surface area contributed by atoms with Gasteiger partial charge in [-0.25, -0.2) is 0 Å². The highest BCUT2D eigenvalue weighted by molar-refractivity contribution is 4.93. The van der Waals surface area contributed by atoms with Crippen LogP contribution in [0.3, 0.4) is 0 Å². The van der Waals surface area contributed by atoms with Crippen LogP contribution in [-0.2, 0) is 0 Å². The number of unbranched alkanes of at least 4 members (excludes halogenated alkanes) is 3. The zero-order valence-electron chi connectivity index (χ0n) is 19.3. The summed E-state index contributed by atoms with van der Waals surface area (Å²) >= 11 is 0. The first kappa shape index (κ1) is 23.2. The first-order valence-electron chi connectivity index (χ1n) is 12.9. The predicted molar refractivity (Wildman–Crippen MR) is 121 cm³/mol. The third kappa shape index (κ3) is 8.08. The molecule has 0 bridgehead atoms. The SMILES string of the molecule is CCC1CCC2NCCCC2C1.CCCCCCC(CC)CC1(CC)CC1. The van der Waals surface area contributed by atoms with Crippen molar-refractivity contribution in [2.75, 3.05) is 6.54 Å². The molecule has 160 valence electrons. The van der Waals surface area contributed by atoms with Crippen molar-refractivity contribution in [3.05, 3.63) is 0 Å². The average molecular weight is 378 g/mol. The molecule has 3 rings (SSSR count). The molecule has 0 amide bonds.